The summed E-state index contributed by atoms with van der Waals surface area (Å²) >= 11 is 0. The molecule has 1 aromatic carbocycles. The topological polar surface area (TPSA) is 69.3 Å². The second-order valence-corrected chi connectivity index (χ2v) is 4.82. The van der Waals surface area contributed by atoms with Crippen LogP contribution in [0.15, 0.2) is 47.1 Å². The summed E-state index contributed by atoms with van der Waals surface area (Å²) in [4.78, 5) is 14.1. The van der Waals surface area contributed by atoms with E-state index in [-0.39, 0.29) is 11.9 Å². The molecule has 2 rings (SSSR count). The van der Waals surface area contributed by atoms with Crippen molar-refractivity contribution in [3.05, 3.63) is 54.0 Å². The molecule has 2 aromatic rings. The fraction of sp³-hybridized carbons (Fsp3) is 0.250. The van der Waals surface area contributed by atoms with Crippen molar-refractivity contribution in [2.75, 3.05) is 12.4 Å². The Morgan fingerprint density at radius 2 is 2.14 bits per heavy atom. The number of carbonyl (C=O) groups is 1. The van der Waals surface area contributed by atoms with Gasteiger partial charge in [-0.2, -0.15) is 5.26 Å². The van der Waals surface area contributed by atoms with E-state index in [2.05, 4.69) is 11.4 Å². The van der Waals surface area contributed by atoms with Crippen molar-refractivity contribution in [1.82, 2.24) is 4.90 Å². The van der Waals surface area contributed by atoms with Crippen LogP contribution >= 0.6 is 0 Å². The Morgan fingerprint density at radius 1 is 1.38 bits per heavy atom. The van der Waals surface area contributed by atoms with E-state index in [4.69, 9.17) is 9.68 Å². The Morgan fingerprint density at radius 3 is 2.81 bits per heavy atom. The van der Waals surface area contributed by atoms with Crippen LogP contribution in [0.2, 0.25) is 0 Å². The molecule has 5 nitrogen and oxygen atoms in total. The highest BCUT2D eigenvalue weighted by Gasteiger charge is 2.19. The predicted molar refractivity (Wildman–Crippen MR) is 79.4 cm³/mol. The average molecular weight is 283 g/mol. The highest BCUT2D eigenvalue weighted by Crippen LogP contribution is 2.15. The van der Waals surface area contributed by atoms with Gasteiger partial charge in [-0.1, -0.05) is 12.1 Å². The number of hydrogen-bond acceptors (Lipinski definition) is 4. The molecule has 0 spiro atoms. The molecule has 1 aromatic heterocycles. The van der Waals surface area contributed by atoms with Gasteiger partial charge in [0.05, 0.1) is 30.1 Å². The number of nitrogens with one attached hydrogen (secondary N) is 1. The molecule has 0 aliphatic rings. The van der Waals surface area contributed by atoms with Crippen molar-refractivity contribution < 1.29 is 9.21 Å². The van der Waals surface area contributed by atoms with Gasteiger partial charge >= 0.3 is 0 Å². The van der Waals surface area contributed by atoms with Gasteiger partial charge in [0, 0.05) is 0 Å². The molecule has 0 bridgehead atoms. The maximum Gasteiger partial charge on any atom is 0.241 e. The first-order chi connectivity index (χ1) is 10.1. The number of anilines is 1. The molecule has 1 heterocycles. The number of nitrogens with zero attached hydrogens (tertiary/aromatic N) is 2. The fourth-order valence-corrected chi connectivity index (χ4v) is 1.91. The van der Waals surface area contributed by atoms with Crippen LogP contribution in [0.3, 0.4) is 0 Å². The van der Waals surface area contributed by atoms with Crippen LogP contribution in [0, 0.1) is 11.3 Å². The van der Waals surface area contributed by atoms with E-state index >= 15 is 0 Å². The van der Waals surface area contributed by atoms with Gasteiger partial charge in [0.25, 0.3) is 0 Å². The SMILES string of the molecule is C[C@H](C(=O)Nc1ccccc1C#N)N(C)Cc1ccco1. The summed E-state index contributed by atoms with van der Waals surface area (Å²) < 4.78 is 5.27. The van der Waals surface area contributed by atoms with Crippen molar-refractivity contribution in [3.63, 3.8) is 0 Å². The molecule has 5 heteroatoms. The van der Waals surface area contributed by atoms with Gasteiger partial charge in [0.1, 0.15) is 11.8 Å². The summed E-state index contributed by atoms with van der Waals surface area (Å²) in [6, 6.07) is 12.3. The molecule has 0 fully saturated rings. The summed E-state index contributed by atoms with van der Waals surface area (Å²) in [5.41, 5.74) is 0.981. The molecule has 0 saturated heterocycles. The van der Waals surface area contributed by atoms with Gasteiger partial charge in [-0.15, -0.1) is 0 Å². The summed E-state index contributed by atoms with van der Waals surface area (Å²) in [6.45, 7) is 2.36. The minimum Gasteiger partial charge on any atom is -0.468 e. The summed E-state index contributed by atoms with van der Waals surface area (Å²) in [6.07, 6.45) is 1.61. The number of para-hydroxylation sites is 1. The quantitative estimate of drug-likeness (QED) is 0.915. The highest BCUT2D eigenvalue weighted by atomic mass is 16.3. The zero-order chi connectivity index (χ0) is 15.2. The van der Waals surface area contributed by atoms with Gasteiger partial charge in [0.15, 0.2) is 0 Å². The van der Waals surface area contributed by atoms with Crippen molar-refractivity contribution in [1.29, 1.82) is 5.26 Å². The molecule has 0 saturated carbocycles. The van der Waals surface area contributed by atoms with E-state index in [0.717, 1.165) is 5.76 Å². The van der Waals surface area contributed by atoms with E-state index in [1.165, 1.54) is 0 Å². The minimum atomic E-state index is -0.346. The lowest BCUT2D eigenvalue weighted by Gasteiger charge is -2.23. The summed E-state index contributed by atoms with van der Waals surface area (Å²) in [5.74, 6) is 0.640. The van der Waals surface area contributed by atoms with E-state index in [9.17, 15) is 4.79 Å². The number of hydrogen-bond donors (Lipinski definition) is 1. The molecule has 108 valence electrons. The van der Waals surface area contributed by atoms with E-state index in [0.29, 0.717) is 17.8 Å². The van der Waals surface area contributed by atoms with E-state index < -0.39 is 0 Å². The van der Waals surface area contributed by atoms with Crippen LogP contribution in [0.1, 0.15) is 18.2 Å². The molecule has 0 aliphatic carbocycles. The smallest absolute Gasteiger partial charge is 0.241 e. The summed E-state index contributed by atoms with van der Waals surface area (Å²) in [5, 5.41) is 11.8. The van der Waals surface area contributed by atoms with E-state index in [1.54, 1.807) is 30.5 Å². The normalized spacial score (nSPS) is 11.9. The number of furan rings is 1. The van der Waals surface area contributed by atoms with Crippen LogP contribution in [-0.2, 0) is 11.3 Å². The number of nitriles is 1. The lowest BCUT2D eigenvalue weighted by molar-refractivity contribution is -0.120. The van der Waals surface area contributed by atoms with Crippen molar-refractivity contribution >= 4 is 11.6 Å². The van der Waals surface area contributed by atoms with Crippen LogP contribution < -0.4 is 5.32 Å². The Hall–Kier alpha value is -2.58. The van der Waals surface area contributed by atoms with Gasteiger partial charge in [-0.3, -0.25) is 9.69 Å². The number of amides is 1. The first kappa shape index (κ1) is 14.8. The first-order valence-electron chi connectivity index (χ1n) is 6.64. The maximum atomic E-state index is 12.3. The zero-order valence-electron chi connectivity index (χ0n) is 12.0. The molecule has 21 heavy (non-hydrogen) atoms. The molecular formula is C16H17N3O2. The second kappa shape index (κ2) is 6.73. The van der Waals surface area contributed by atoms with Gasteiger partial charge < -0.3 is 9.73 Å². The standard InChI is InChI=1S/C16H17N3O2/c1-12(19(2)11-14-7-5-9-21-14)16(20)18-15-8-4-3-6-13(15)10-17/h3-9,12H,11H2,1-2H3,(H,18,20)/t12-/m1/s1. The highest BCUT2D eigenvalue weighted by molar-refractivity contribution is 5.95. The Labute approximate surface area is 123 Å². The molecule has 1 N–H and O–H groups in total. The Bertz CT molecular complexity index is 644. The minimum absolute atomic E-state index is 0.160. The zero-order valence-corrected chi connectivity index (χ0v) is 12.0. The Kier molecular flexibility index (Phi) is 4.75. The van der Waals surface area contributed by atoms with Gasteiger partial charge in [0.2, 0.25) is 5.91 Å². The van der Waals surface area contributed by atoms with Crippen LogP contribution in [0.5, 0.6) is 0 Å². The number of carbonyl (C=O) groups excluding carboxylic acids is 1. The first-order valence-corrected chi connectivity index (χ1v) is 6.64. The molecule has 0 aliphatic heterocycles. The summed E-state index contributed by atoms with van der Waals surface area (Å²) in [7, 11) is 1.85. The maximum absolute atomic E-state index is 12.3. The molecule has 1 amide bonds. The predicted octanol–water partition coefficient (Wildman–Crippen LogP) is 2.61. The number of rotatable bonds is 5. The van der Waals surface area contributed by atoms with Crippen LogP contribution in [-0.4, -0.2) is 23.9 Å². The molecule has 1 atom stereocenters. The van der Waals surface area contributed by atoms with Gasteiger partial charge in [-0.05, 0) is 38.2 Å². The third-order valence-corrected chi connectivity index (χ3v) is 3.33. The molecule has 0 radical (unpaired) electrons. The molecule has 0 unspecified atom stereocenters. The van der Waals surface area contributed by atoms with Crippen molar-refractivity contribution in [3.8, 4) is 6.07 Å². The monoisotopic (exact) mass is 283 g/mol. The average Bonchev–Trinajstić information content (AvgIpc) is 2.99. The largest absolute Gasteiger partial charge is 0.468 e. The second-order valence-electron chi connectivity index (χ2n) is 4.82. The number of benzene rings is 1. The van der Waals surface area contributed by atoms with Gasteiger partial charge in [-0.25, -0.2) is 0 Å². The number of likely N-dealkylation sites (N-methyl/N-ethyl adjacent to an activating group) is 1. The van der Waals surface area contributed by atoms with Crippen molar-refractivity contribution in [2.45, 2.75) is 19.5 Å². The molecular weight excluding hydrogens is 266 g/mol. The van der Waals surface area contributed by atoms with Crippen LogP contribution in [0.4, 0.5) is 5.69 Å². The van der Waals surface area contributed by atoms with Crippen molar-refractivity contribution in [2.24, 2.45) is 0 Å². The third kappa shape index (κ3) is 3.71. The third-order valence-electron chi connectivity index (χ3n) is 3.33. The lowest BCUT2D eigenvalue weighted by atomic mass is 10.2. The van der Waals surface area contributed by atoms with E-state index in [1.807, 2.05) is 31.0 Å². The fourth-order valence-electron chi connectivity index (χ4n) is 1.91. The lowest BCUT2D eigenvalue weighted by Crippen LogP contribution is -2.39. The Balaban J connectivity index is 2.01. The van der Waals surface area contributed by atoms with Crippen LogP contribution in [0.25, 0.3) is 0 Å².